The Balaban J connectivity index is 1.69. The average Bonchev–Trinajstić information content (AvgIpc) is 3.13. The van der Waals surface area contributed by atoms with Gasteiger partial charge in [0.05, 0.1) is 32.5 Å². The SMILES string of the molecule is C=C(NNC(=O)c1cccc(S(=O)(=O)N2CCOCC2)c1)c1ccc(Br)s1. The van der Waals surface area contributed by atoms with E-state index in [4.69, 9.17) is 4.74 Å². The van der Waals surface area contributed by atoms with Crippen LogP contribution >= 0.6 is 27.3 Å². The molecule has 27 heavy (non-hydrogen) atoms. The molecule has 1 aromatic carbocycles. The maximum Gasteiger partial charge on any atom is 0.269 e. The van der Waals surface area contributed by atoms with E-state index in [1.165, 1.54) is 27.8 Å². The van der Waals surface area contributed by atoms with Crippen LogP contribution in [0.2, 0.25) is 0 Å². The van der Waals surface area contributed by atoms with E-state index >= 15 is 0 Å². The minimum atomic E-state index is -3.66. The molecule has 3 rings (SSSR count). The van der Waals surface area contributed by atoms with E-state index in [1.54, 1.807) is 12.1 Å². The second kappa shape index (κ2) is 8.53. The van der Waals surface area contributed by atoms with Gasteiger partial charge in [-0.25, -0.2) is 8.42 Å². The highest BCUT2D eigenvalue weighted by Crippen LogP contribution is 2.25. The van der Waals surface area contributed by atoms with Gasteiger partial charge in [-0.3, -0.25) is 15.6 Å². The summed E-state index contributed by atoms with van der Waals surface area (Å²) in [5.74, 6) is -0.453. The number of carbonyl (C=O) groups excluding carboxylic acids is 1. The summed E-state index contributed by atoms with van der Waals surface area (Å²) in [6, 6.07) is 9.71. The Kier molecular flexibility index (Phi) is 6.33. The van der Waals surface area contributed by atoms with Crippen LogP contribution in [-0.4, -0.2) is 44.9 Å². The molecule has 1 aromatic heterocycles. The van der Waals surface area contributed by atoms with Crippen molar-refractivity contribution in [1.82, 2.24) is 15.2 Å². The first-order valence-corrected chi connectivity index (χ1v) is 11.1. The molecule has 0 atom stereocenters. The summed E-state index contributed by atoms with van der Waals surface area (Å²) < 4.78 is 33.0. The average molecular weight is 472 g/mol. The van der Waals surface area contributed by atoms with Crippen molar-refractivity contribution in [2.45, 2.75) is 4.90 Å². The highest BCUT2D eigenvalue weighted by molar-refractivity contribution is 9.11. The molecule has 1 fully saturated rings. The number of hydrogen-bond donors (Lipinski definition) is 2. The van der Waals surface area contributed by atoms with Crippen molar-refractivity contribution in [3.63, 3.8) is 0 Å². The largest absolute Gasteiger partial charge is 0.379 e. The summed E-state index contributed by atoms with van der Waals surface area (Å²) in [5.41, 5.74) is 6.06. The third-order valence-corrected chi connectivity index (χ3v) is 7.48. The number of nitrogens with zero attached hydrogens (tertiary/aromatic N) is 1. The van der Waals surface area contributed by atoms with Crippen LogP contribution in [0.4, 0.5) is 0 Å². The van der Waals surface area contributed by atoms with Crippen LogP contribution in [0.1, 0.15) is 15.2 Å². The van der Waals surface area contributed by atoms with Gasteiger partial charge in [0.2, 0.25) is 10.0 Å². The molecule has 1 aliphatic heterocycles. The summed E-state index contributed by atoms with van der Waals surface area (Å²) >= 11 is 4.84. The van der Waals surface area contributed by atoms with E-state index in [0.717, 1.165) is 8.66 Å². The summed E-state index contributed by atoms with van der Waals surface area (Å²) in [4.78, 5) is 13.3. The maximum absolute atomic E-state index is 12.7. The smallest absolute Gasteiger partial charge is 0.269 e. The summed E-state index contributed by atoms with van der Waals surface area (Å²) in [7, 11) is -3.66. The summed E-state index contributed by atoms with van der Waals surface area (Å²) in [5, 5.41) is 0. The van der Waals surface area contributed by atoms with Crippen LogP contribution in [0.5, 0.6) is 0 Å². The number of sulfonamides is 1. The standard InChI is InChI=1S/C17H18BrN3O4S2/c1-12(15-5-6-16(18)26-15)19-20-17(22)13-3-2-4-14(11-13)27(23,24)21-7-9-25-10-8-21/h2-6,11,19H,1,7-10H2,(H,20,22). The first-order chi connectivity index (χ1) is 12.9. The number of hydrazine groups is 1. The molecule has 2 N–H and O–H groups in total. The van der Waals surface area contributed by atoms with Crippen molar-refractivity contribution in [3.8, 4) is 0 Å². The lowest BCUT2D eigenvalue weighted by Crippen LogP contribution is -2.40. The summed E-state index contributed by atoms with van der Waals surface area (Å²) in [6.45, 7) is 5.21. The molecule has 0 saturated carbocycles. The van der Waals surface area contributed by atoms with Crippen LogP contribution in [0.25, 0.3) is 5.70 Å². The van der Waals surface area contributed by atoms with Gasteiger partial charge >= 0.3 is 0 Å². The van der Waals surface area contributed by atoms with Crippen LogP contribution in [-0.2, 0) is 14.8 Å². The van der Waals surface area contributed by atoms with Gasteiger partial charge in [0, 0.05) is 18.7 Å². The lowest BCUT2D eigenvalue weighted by Gasteiger charge is -2.26. The van der Waals surface area contributed by atoms with Crippen LogP contribution in [0.3, 0.4) is 0 Å². The number of thiophene rings is 1. The van der Waals surface area contributed by atoms with E-state index in [9.17, 15) is 13.2 Å². The van der Waals surface area contributed by atoms with Crippen molar-refractivity contribution in [2.75, 3.05) is 26.3 Å². The van der Waals surface area contributed by atoms with Gasteiger partial charge in [-0.05, 0) is 46.3 Å². The number of benzene rings is 1. The Morgan fingerprint density at radius 1 is 1.19 bits per heavy atom. The third-order valence-electron chi connectivity index (χ3n) is 3.90. The van der Waals surface area contributed by atoms with E-state index in [0.29, 0.717) is 32.0 Å². The molecule has 0 unspecified atom stereocenters. The number of amides is 1. The van der Waals surface area contributed by atoms with Gasteiger partial charge in [-0.1, -0.05) is 12.6 Å². The van der Waals surface area contributed by atoms with E-state index in [-0.39, 0.29) is 10.5 Å². The predicted molar refractivity (Wildman–Crippen MR) is 108 cm³/mol. The molecule has 1 aliphatic rings. The van der Waals surface area contributed by atoms with Crippen molar-refractivity contribution in [3.05, 3.63) is 57.2 Å². The van der Waals surface area contributed by atoms with Gasteiger partial charge in [-0.15, -0.1) is 11.3 Å². The Bertz CT molecular complexity index is 953. The molecule has 2 aromatic rings. The van der Waals surface area contributed by atoms with Crippen molar-refractivity contribution in [1.29, 1.82) is 0 Å². The lowest BCUT2D eigenvalue weighted by atomic mass is 10.2. The molecule has 0 bridgehead atoms. The predicted octanol–water partition coefficient (Wildman–Crippen LogP) is 2.44. The number of ether oxygens (including phenoxy) is 1. The second-order valence-electron chi connectivity index (χ2n) is 5.71. The van der Waals surface area contributed by atoms with Gasteiger partial charge in [0.15, 0.2) is 0 Å². The number of morpholine rings is 1. The molecule has 0 spiro atoms. The van der Waals surface area contributed by atoms with E-state index in [2.05, 4.69) is 33.4 Å². The molecule has 1 saturated heterocycles. The van der Waals surface area contributed by atoms with E-state index in [1.807, 2.05) is 12.1 Å². The van der Waals surface area contributed by atoms with Crippen LogP contribution in [0.15, 0.2) is 51.7 Å². The van der Waals surface area contributed by atoms with Crippen molar-refractivity contribution >= 4 is 48.9 Å². The fraction of sp³-hybridized carbons (Fsp3) is 0.235. The van der Waals surface area contributed by atoms with Crippen molar-refractivity contribution in [2.24, 2.45) is 0 Å². The quantitative estimate of drug-likeness (QED) is 0.631. The highest BCUT2D eigenvalue weighted by Gasteiger charge is 2.26. The minimum absolute atomic E-state index is 0.0815. The zero-order valence-electron chi connectivity index (χ0n) is 14.3. The molecule has 0 radical (unpaired) electrons. The lowest BCUT2D eigenvalue weighted by molar-refractivity contribution is 0.0730. The van der Waals surface area contributed by atoms with Crippen LogP contribution < -0.4 is 10.9 Å². The molecule has 1 amide bonds. The molecule has 7 nitrogen and oxygen atoms in total. The maximum atomic E-state index is 12.7. The molecular weight excluding hydrogens is 454 g/mol. The monoisotopic (exact) mass is 471 g/mol. The Labute approximate surface area is 170 Å². The van der Waals surface area contributed by atoms with Gasteiger partial charge < -0.3 is 4.74 Å². The fourth-order valence-corrected chi connectivity index (χ4v) is 5.24. The number of halogens is 1. The molecule has 2 heterocycles. The van der Waals surface area contributed by atoms with Gasteiger partial charge in [-0.2, -0.15) is 4.31 Å². The zero-order valence-corrected chi connectivity index (χ0v) is 17.5. The Morgan fingerprint density at radius 3 is 2.59 bits per heavy atom. The Hall–Kier alpha value is -1.72. The summed E-state index contributed by atoms with van der Waals surface area (Å²) in [6.07, 6.45) is 0. The van der Waals surface area contributed by atoms with E-state index < -0.39 is 15.9 Å². The molecule has 144 valence electrons. The van der Waals surface area contributed by atoms with Crippen molar-refractivity contribution < 1.29 is 17.9 Å². The third kappa shape index (κ3) is 4.77. The van der Waals surface area contributed by atoms with Gasteiger partial charge in [0.1, 0.15) is 0 Å². The highest BCUT2D eigenvalue weighted by atomic mass is 79.9. The normalized spacial score (nSPS) is 15.3. The number of carbonyl (C=O) groups is 1. The topological polar surface area (TPSA) is 87.7 Å². The van der Waals surface area contributed by atoms with Gasteiger partial charge in [0.25, 0.3) is 5.91 Å². The zero-order chi connectivity index (χ0) is 19.4. The first-order valence-electron chi connectivity index (χ1n) is 8.07. The van der Waals surface area contributed by atoms with Crippen LogP contribution in [0, 0.1) is 0 Å². The molecule has 10 heteroatoms. The second-order valence-corrected chi connectivity index (χ2v) is 10.1. The Morgan fingerprint density at radius 2 is 1.93 bits per heavy atom. The molecular formula is C17H18BrN3O4S2. The fourth-order valence-electron chi connectivity index (χ4n) is 2.48. The minimum Gasteiger partial charge on any atom is -0.379 e. The number of nitrogens with one attached hydrogen (secondary N) is 2. The number of rotatable bonds is 6. The first kappa shape index (κ1) is 20.0. The molecule has 0 aliphatic carbocycles. The number of hydrogen-bond acceptors (Lipinski definition) is 6.